The summed E-state index contributed by atoms with van der Waals surface area (Å²) in [6.45, 7) is 0. The van der Waals surface area contributed by atoms with E-state index in [0.717, 1.165) is 27.6 Å². The molecule has 3 heteroatoms. The predicted octanol–water partition coefficient (Wildman–Crippen LogP) is 5.31. The molecule has 100 valence electrons. The topological polar surface area (TPSA) is 9.23 Å². The van der Waals surface area contributed by atoms with E-state index < -0.39 is 0 Å². The highest BCUT2D eigenvalue weighted by atomic mass is 35.5. The van der Waals surface area contributed by atoms with Gasteiger partial charge in [-0.1, -0.05) is 35.9 Å². The van der Waals surface area contributed by atoms with Gasteiger partial charge in [-0.15, -0.1) is 0 Å². The molecule has 0 saturated carbocycles. The van der Waals surface area contributed by atoms with Crippen molar-refractivity contribution in [2.45, 2.75) is 0 Å². The van der Waals surface area contributed by atoms with Crippen molar-refractivity contribution in [3.8, 4) is 16.9 Å². The van der Waals surface area contributed by atoms with Gasteiger partial charge in [-0.25, -0.2) is 4.39 Å². The van der Waals surface area contributed by atoms with Gasteiger partial charge >= 0.3 is 0 Å². The molecule has 0 saturated heterocycles. The maximum absolute atomic E-state index is 13.6. The predicted molar refractivity (Wildman–Crippen MR) is 80.9 cm³/mol. The lowest BCUT2D eigenvalue weighted by Gasteiger charge is -2.11. The highest BCUT2D eigenvalue weighted by Gasteiger charge is 2.10. The number of fused-ring (bicyclic) bond motifs is 1. The molecular weight excluding hydrogens is 275 g/mol. The summed E-state index contributed by atoms with van der Waals surface area (Å²) in [6.07, 6.45) is 0. The minimum Gasteiger partial charge on any atom is -0.497 e. The zero-order valence-corrected chi connectivity index (χ0v) is 11.6. The molecule has 0 amide bonds. The van der Waals surface area contributed by atoms with Crippen molar-refractivity contribution in [3.05, 3.63) is 65.4 Å². The highest BCUT2D eigenvalue weighted by molar-refractivity contribution is 6.33. The lowest BCUT2D eigenvalue weighted by atomic mass is 9.97. The standard InChI is InChI=1S/C17H12ClFO/c1-20-13-8-11-6-7-12(19)9-15(11)16(10-13)14-4-2-3-5-17(14)18/h2-10H,1H3. The monoisotopic (exact) mass is 286 g/mol. The molecule has 0 unspecified atom stereocenters. The van der Waals surface area contributed by atoms with Crippen molar-refractivity contribution in [2.24, 2.45) is 0 Å². The minimum absolute atomic E-state index is 0.268. The van der Waals surface area contributed by atoms with E-state index in [1.807, 2.05) is 36.4 Å². The molecule has 0 bridgehead atoms. The first kappa shape index (κ1) is 12.9. The number of hydrogen-bond acceptors (Lipinski definition) is 1. The molecule has 3 rings (SSSR count). The Balaban J connectivity index is 2.38. The van der Waals surface area contributed by atoms with Gasteiger partial charge in [-0.3, -0.25) is 0 Å². The molecule has 0 aliphatic rings. The fourth-order valence-electron chi connectivity index (χ4n) is 2.32. The van der Waals surface area contributed by atoms with E-state index in [2.05, 4.69) is 0 Å². The Morgan fingerprint density at radius 2 is 1.75 bits per heavy atom. The molecule has 0 atom stereocenters. The van der Waals surface area contributed by atoms with Crippen LogP contribution in [0.5, 0.6) is 5.75 Å². The Bertz CT molecular complexity index is 783. The molecule has 3 aromatic rings. The average Bonchev–Trinajstić information content (AvgIpc) is 2.47. The molecule has 0 spiro atoms. The summed E-state index contributed by atoms with van der Waals surface area (Å²) >= 11 is 6.26. The summed E-state index contributed by atoms with van der Waals surface area (Å²) < 4.78 is 18.9. The summed E-state index contributed by atoms with van der Waals surface area (Å²) in [4.78, 5) is 0. The van der Waals surface area contributed by atoms with Gasteiger partial charge in [0.1, 0.15) is 11.6 Å². The lowest BCUT2D eigenvalue weighted by molar-refractivity contribution is 0.415. The van der Waals surface area contributed by atoms with Crippen LogP contribution in [-0.4, -0.2) is 7.11 Å². The summed E-state index contributed by atoms with van der Waals surface area (Å²) in [5.74, 6) is 0.454. The van der Waals surface area contributed by atoms with Gasteiger partial charge in [0.05, 0.1) is 7.11 Å². The molecule has 0 fully saturated rings. The van der Waals surface area contributed by atoms with Crippen molar-refractivity contribution in [2.75, 3.05) is 7.11 Å². The van der Waals surface area contributed by atoms with Crippen LogP contribution < -0.4 is 4.74 Å². The second kappa shape index (κ2) is 5.14. The molecule has 0 aromatic heterocycles. The first-order chi connectivity index (χ1) is 9.69. The van der Waals surface area contributed by atoms with E-state index in [1.165, 1.54) is 12.1 Å². The van der Waals surface area contributed by atoms with Crippen LogP contribution in [0, 0.1) is 5.82 Å². The SMILES string of the molecule is COc1cc(-c2ccccc2Cl)c2cc(F)ccc2c1. The van der Waals surface area contributed by atoms with Crippen molar-refractivity contribution in [1.82, 2.24) is 0 Å². The second-order valence-electron chi connectivity index (χ2n) is 4.52. The van der Waals surface area contributed by atoms with Gasteiger partial charge in [-0.05, 0) is 46.7 Å². The smallest absolute Gasteiger partial charge is 0.123 e. The Hall–Kier alpha value is -2.06. The van der Waals surface area contributed by atoms with E-state index in [-0.39, 0.29) is 5.82 Å². The molecule has 0 aliphatic heterocycles. The zero-order valence-electron chi connectivity index (χ0n) is 10.9. The van der Waals surface area contributed by atoms with E-state index >= 15 is 0 Å². The number of hydrogen-bond donors (Lipinski definition) is 0. The molecule has 0 aliphatic carbocycles. The van der Waals surface area contributed by atoms with Crippen LogP contribution in [0.4, 0.5) is 4.39 Å². The van der Waals surface area contributed by atoms with E-state index in [1.54, 1.807) is 13.2 Å². The first-order valence-electron chi connectivity index (χ1n) is 6.21. The fraction of sp³-hybridized carbons (Fsp3) is 0.0588. The zero-order chi connectivity index (χ0) is 14.1. The van der Waals surface area contributed by atoms with E-state index in [9.17, 15) is 4.39 Å². The van der Waals surface area contributed by atoms with E-state index in [4.69, 9.17) is 16.3 Å². The Morgan fingerprint density at radius 3 is 2.50 bits per heavy atom. The minimum atomic E-state index is -0.268. The Labute approximate surface area is 121 Å². The van der Waals surface area contributed by atoms with Crippen molar-refractivity contribution in [3.63, 3.8) is 0 Å². The van der Waals surface area contributed by atoms with E-state index in [0.29, 0.717) is 5.02 Å². The molecular formula is C17H12ClFO. The molecule has 0 N–H and O–H groups in total. The summed E-state index contributed by atoms with van der Waals surface area (Å²) in [6, 6.07) is 16.0. The van der Waals surface area contributed by atoms with Crippen molar-refractivity contribution < 1.29 is 9.13 Å². The molecule has 0 heterocycles. The summed E-state index contributed by atoms with van der Waals surface area (Å²) in [7, 11) is 1.61. The Kier molecular flexibility index (Phi) is 3.33. The van der Waals surface area contributed by atoms with Crippen molar-refractivity contribution in [1.29, 1.82) is 0 Å². The number of methoxy groups -OCH3 is 1. The highest BCUT2D eigenvalue weighted by Crippen LogP contribution is 2.36. The Morgan fingerprint density at radius 1 is 0.950 bits per heavy atom. The summed E-state index contributed by atoms with van der Waals surface area (Å²) in [5, 5.41) is 2.37. The third-order valence-corrected chi connectivity index (χ3v) is 3.62. The molecule has 20 heavy (non-hydrogen) atoms. The summed E-state index contributed by atoms with van der Waals surface area (Å²) in [5.41, 5.74) is 1.73. The van der Waals surface area contributed by atoms with Crippen LogP contribution in [0.1, 0.15) is 0 Å². The van der Waals surface area contributed by atoms with Crippen LogP contribution in [-0.2, 0) is 0 Å². The molecule has 0 radical (unpaired) electrons. The number of halogens is 2. The fourth-order valence-corrected chi connectivity index (χ4v) is 2.56. The maximum Gasteiger partial charge on any atom is 0.123 e. The van der Waals surface area contributed by atoms with Gasteiger partial charge in [0.25, 0.3) is 0 Å². The quantitative estimate of drug-likeness (QED) is 0.620. The molecule has 1 nitrogen and oxygen atoms in total. The van der Waals surface area contributed by atoms with Crippen LogP contribution in [0.25, 0.3) is 21.9 Å². The molecule has 3 aromatic carbocycles. The van der Waals surface area contributed by atoms with Crippen LogP contribution >= 0.6 is 11.6 Å². The van der Waals surface area contributed by atoms with Gasteiger partial charge in [0, 0.05) is 10.6 Å². The van der Waals surface area contributed by atoms with Crippen LogP contribution in [0.2, 0.25) is 5.02 Å². The van der Waals surface area contributed by atoms with Gasteiger partial charge in [0.15, 0.2) is 0 Å². The third kappa shape index (κ3) is 2.23. The van der Waals surface area contributed by atoms with Crippen LogP contribution in [0.3, 0.4) is 0 Å². The third-order valence-electron chi connectivity index (χ3n) is 3.29. The lowest BCUT2D eigenvalue weighted by Crippen LogP contribution is -1.88. The number of rotatable bonds is 2. The first-order valence-corrected chi connectivity index (χ1v) is 6.59. The number of benzene rings is 3. The largest absolute Gasteiger partial charge is 0.497 e. The van der Waals surface area contributed by atoms with Crippen molar-refractivity contribution >= 4 is 22.4 Å². The van der Waals surface area contributed by atoms with Gasteiger partial charge < -0.3 is 4.74 Å². The average molecular weight is 287 g/mol. The van der Waals surface area contributed by atoms with Gasteiger partial charge in [0.2, 0.25) is 0 Å². The normalized spacial score (nSPS) is 10.8. The van der Waals surface area contributed by atoms with Crippen LogP contribution in [0.15, 0.2) is 54.6 Å². The maximum atomic E-state index is 13.6. The number of ether oxygens (including phenoxy) is 1. The van der Waals surface area contributed by atoms with Gasteiger partial charge in [-0.2, -0.15) is 0 Å². The second-order valence-corrected chi connectivity index (χ2v) is 4.93.